The molecular weight excluding hydrogens is 294 g/mol. The lowest BCUT2D eigenvalue weighted by atomic mass is 10.2. The normalized spacial score (nSPS) is 15.9. The van der Waals surface area contributed by atoms with Gasteiger partial charge in [0.1, 0.15) is 6.04 Å². The van der Waals surface area contributed by atoms with Crippen LogP contribution in [0.1, 0.15) is 26.2 Å². The zero-order valence-corrected chi connectivity index (χ0v) is 13.2. The third-order valence-corrected chi connectivity index (χ3v) is 4.37. The van der Waals surface area contributed by atoms with Crippen molar-refractivity contribution in [3.63, 3.8) is 0 Å². The van der Waals surface area contributed by atoms with Crippen molar-refractivity contribution in [1.29, 1.82) is 0 Å². The summed E-state index contributed by atoms with van der Waals surface area (Å²) >= 11 is 7.59. The van der Waals surface area contributed by atoms with Gasteiger partial charge in [0.2, 0.25) is 0 Å². The van der Waals surface area contributed by atoms with Gasteiger partial charge in [-0.05, 0) is 50.5 Å². The molecule has 1 aromatic rings. The first kappa shape index (κ1) is 15.7. The summed E-state index contributed by atoms with van der Waals surface area (Å²) in [6, 6.07) is 8.10. The van der Waals surface area contributed by atoms with E-state index >= 15 is 0 Å². The Labute approximate surface area is 129 Å². The molecule has 5 heteroatoms. The fraction of sp³-hybridized carbons (Fsp3) is 0.533. The van der Waals surface area contributed by atoms with Gasteiger partial charge in [0.05, 0.1) is 6.61 Å². The first-order valence-electron chi connectivity index (χ1n) is 7.00. The van der Waals surface area contributed by atoms with Gasteiger partial charge >= 0.3 is 5.97 Å². The van der Waals surface area contributed by atoms with Crippen LogP contribution >= 0.6 is 23.4 Å². The zero-order valence-electron chi connectivity index (χ0n) is 11.6. The summed E-state index contributed by atoms with van der Waals surface area (Å²) in [5, 5.41) is 4.11. The maximum Gasteiger partial charge on any atom is 0.323 e. The molecule has 0 bridgehead atoms. The molecule has 2 rings (SSSR count). The molecule has 0 amide bonds. The van der Waals surface area contributed by atoms with Crippen molar-refractivity contribution >= 4 is 29.3 Å². The first-order valence-corrected chi connectivity index (χ1v) is 8.36. The second-order valence-corrected chi connectivity index (χ2v) is 6.44. The van der Waals surface area contributed by atoms with Crippen LogP contribution in [-0.4, -0.2) is 30.4 Å². The molecule has 1 N–H and O–H groups in total. The van der Waals surface area contributed by atoms with E-state index in [4.69, 9.17) is 16.3 Å². The van der Waals surface area contributed by atoms with Gasteiger partial charge in [-0.3, -0.25) is 4.79 Å². The monoisotopic (exact) mass is 313 g/mol. The van der Waals surface area contributed by atoms with Crippen molar-refractivity contribution in [2.45, 2.75) is 43.2 Å². The Morgan fingerprint density at radius 3 is 2.75 bits per heavy atom. The van der Waals surface area contributed by atoms with Crippen LogP contribution in [0.2, 0.25) is 5.02 Å². The second-order valence-electron chi connectivity index (χ2n) is 4.84. The van der Waals surface area contributed by atoms with Crippen LogP contribution in [0, 0.1) is 0 Å². The molecule has 3 nitrogen and oxygen atoms in total. The number of rotatable bonds is 8. The van der Waals surface area contributed by atoms with E-state index in [0.29, 0.717) is 12.6 Å². The Morgan fingerprint density at radius 2 is 2.15 bits per heavy atom. The maximum atomic E-state index is 11.9. The number of carbonyl (C=O) groups is 1. The first-order chi connectivity index (χ1) is 9.69. The molecule has 110 valence electrons. The quantitative estimate of drug-likeness (QED) is 0.589. The number of carbonyl (C=O) groups excluding carboxylic acids is 1. The summed E-state index contributed by atoms with van der Waals surface area (Å²) in [5.74, 6) is 0.751. The van der Waals surface area contributed by atoms with Gasteiger partial charge in [0.15, 0.2) is 0 Å². The average molecular weight is 314 g/mol. The predicted molar refractivity (Wildman–Crippen MR) is 83.4 cm³/mol. The van der Waals surface area contributed by atoms with E-state index in [2.05, 4.69) is 5.32 Å². The van der Waals surface area contributed by atoms with Crippen LogP contribution in [0.15, 0.2) is 29.2 Å². The second kappa shape index (κ2) is 7.91. The van der Waals surface area contributed by atoms with Crippen LogP contribution in [0.4, 0.5) is 0 Å². The molecule has 1 aliphatic carbocycles. The van der Waals surface area contributed by atoms with Crippen LogP contribution in [0.25, 0.3) is 0 Å². The van der Waals surface area contributed by atoms with Gasteiger partial charge in [-0.1, -0.05) is 11.6 Å². The molecule has 0 spiro atoms. The molecule has 20 heavy (non-hydrogen) atoms. The Bertz CT molecular complexity index is 434. The SMILES string of the molecule is CCOC(=O)C(CCSc1ccc(Cl)cc1)NC1CC1. The number of thioether (sulfide) groups is 1. The number of nitrogens with one attached hydrogen (secondary N) is 1. The summed E-state index contributed by atoms with van der Waals surface area (Å²) < 4.78 is 5.12. The van der Waals surface area contributed by atoms with Gasteiger partial charge in [-0.15, -0.1) is 11.8 Å². The average Bonchev–Trinajstić information content (AvgIpc) is 3.24. The smallest absolute Gasteiger partial charge is 0.323 e. The number of benzene rings is 1. The summed E-state index contributed by atoms with van der Waals surface area (Å²) in [5.41, 5.74) is 0. The Morgan fingerprint density at radius 1 is 1.45 bits per heavy atom. The van der Waals surface area contributed by atoms with E-state index in [1.807, 2.05) is 31.2 Å². The van der Waals surface area contributed by atoms with Crippen molar-refractivity contribution in [2.24, 2.45) is 0 Å². The molecular formula is C15H20ClNO2S. The molecule has 0 aliphatic heterocycles. The fourth-order valence-electron chi connectivity index (χ4n) is 1.87. The molecule has 1 saturated carbocycles. The molecule has 1 fully saturated rings. The minimum absolute atomic E-state index is 0.129. The summed E-state index contributed by atoms with van der Waals surface area (Å²) in [6.07, 6.45) is 3.11. The van der Waals surface area contributed by atoms with Crippen molar-refractivity contribution in [2.75, 3.05) is 12.4 Å². The van der Waals surface area contributed by atoms with Gasteiger partial charge in [-0.25, -0.2) is 0 Å². The number of esters is 1. The van der Waals surface area contributed by atoms with Crippen molar-refractivity contribution < 1.29 is 9.53 Å². The lowest BCUT2D eigenvalue weighted by molar-refractivity contribution is -0.145. The van der Waals surface area contributed by atoms with E-state index in [9.17, 15) is 4.79 Å². The molecule has 0 aromatic heterocycles. The van der Waals surface area contributed by atoms with Crippen molar-refractivity contribution in [3.8, 4) is 0 Å². The van der Waals surface area contributed by atoms with E-state index in [-0.39, 0.29) is 12.0 Å². The van der Waals surface area contributed by atoms with Crippen molar-refractivity contribution in [3.05, 3.63) is 29.3 Å². The Hall–Kier alpha value is -0.710. The zero-order chi connectivity index (χ0) is 14.4. The van der Waals surface area contributed by atoms with Gasteiger partial charge < -0.3 is 10.1 Å². The largest absolute Gasteiger partial charge is 0.465 e. The molecule has 0 radical (unpaired) electrons. The highest BCUT2D eigenvalue weighted by Crippen LogP contribution is 2.23. The van der Waals surface area contributed by atoms with Gasteiger partial charge in [0, 0.05) is 21.7 Å². The highest BCUT2D eigenvalue weighted by atomic mass is 35.5. The van der Waals surface area contributed by atoms with Crippen LogP contribution in [0.5, 0.6) is 0 Å². The van der Waals surface area contributed by atoms with Crippen LogP contribution in [-0.2, 0) is 9.53 Å². The topological polar surface area (TPSA) is 38.3 Å². The number of ether oxygens (including phenoxy) is 1. The van der Waals surface area contributed by atoms with E-state index in [1.54, 1.807) is 11.8 Å². The van der Waals surface area contributed by atoms with E-state index in [0.717, 1.165) is 17.2 Å². The number of hydrogen-bond donors (Lipinski definition) is 1. The molecule has 1 unspecified atom stereocenters. The fourth-order valence-corrected chi connectivity index (χ4v) is 2.92. The standard InChI is InChI=1S/C15H20ClNO2S/c1-2-19-15(18)14(17-12-5-6-12)9-10-20-13-7-3-11(16)4-8-13/h3-4,7-8,12,14,17H,2,5-6,9-10H2,1H3. The van der Waals surface area contributed by atoms with Gasteiger partial charge in [-0.2, -0.15) is 0 Å². The molecule has 1 atom stereocenters. The Balaban J connectivity index is 1.78. The van der Waals surface area contributed by atoms with E-state index < -0.39 is 0 Å². The molecule has 1 aliphatic rings. The lowest BCUT2D eigenvalue weighted by Crippen LogP contribution is -2.39. The summed E-state index contributed by atoms with van der Waals surface area (Å²) in [4.78, 5) is 13.1. The highest BCUT2D eigenvalue weighted by Gasteiger charge is 2.28. The van der Waals surface area contributed by atoms with Gasteiger partial charge in [0.25, 0.3) is 0 Å². The number of hydrogen-bond acceptors (Lipinski definition) is 4. The molecule has 0 saturated heterocycles. The highest BCUT2D eigenvalue weighted by molar-refractivity contribution is 7.99. The van der Waals surface area contributed by atoms with Crippen LogP contribution in [0.3, 0.4) is 0 Å². The number of halogens is 1. The predicted octanol–water partition coefficient (Wildman–Crippen LogP) is 3.51. The summed E-state index contributed by atoms with van der Waals surface area (Å²) in [7, 11) is 0. The summed E-state index contributed by atoms with van der Waals surface area (Å²) in [6.45, 7) is 2.28. The minimum Gasteiger partial charge on any atom is -0.465 e. The van der Waals surface area contributed by atoms with E-state index in [1.165, 1.54) is 17.7 Å². The third kappa shape index (κ3) is 5.35. The lowest BCUT2D eigenvalue weighted by Gasteiger charge is -2.16. The molecule has 1 aromatic carbocycles. The maximum absolute atomic E-state index is 11.9. The Kier molecular flexibility index (Phi) is 6.20. The molecule has 0 heterocycles. The minimum atomic E-state index is -0.178. The van der Waals surface area contributed by atoms with Crippen molar-refractivity contribution in [1.82, 2.24) is 5.32 Å². The van der Waals surface area contributed by atoms with Crippen LogP contribution < -0.4 is 5.32 Å². The third-order valence-electron chi connectivity index (χ3n) is 3.07.